The lowest BCUT2D eigenvalue weighted by molar-refractivity contribution is 0.832. The van der Waals surface area contributed by atoms with Crippen LogP contribution in [0, 0.1) is 11.3 Å². The minimum atomic E-state index is 0.714. The van der Waals surface area contributed by atoms with Crippen LogP contribution < -0.4 is 5.73 Å². The van der Waals surface area contributed by atoms with Crippen LogP contribution in [0.15, 0.2) is 24.3 Å². The first kappa shape index (κ1) is 8.76. The van der Waals surface area contributed by atoms with Gasteiger partial charge in [-0.2, -0.15) is 5.26 Å². The fraction of sp³-hybridized carbons (Fsp3) is 0.300. The zero-order valence-corrected chi connectivity index (χ0v) is 6.96. The van der Waals surface area contributed by atoms with Gasteiger partial charge in [0.05, 0.1) is 11.6 Å². The summed E-state index contributed by atoms with van der Waals surface area (Å²) in [5, 5.41) is 8.53. The van der Waals surface area contributed by atoms with Gasteiger partial charge in [0.15, 0.2) is 0 Å². The van der Waals surface area contributed by atoms with E-state index in [0.717, 1.165) is 19.4 Å². The third-order valence-corrected chi connectivity index (χ3v) is 1.75. The summed E-state index contributed by atoms with van der Waals surface area (Å²) in [7, 11) is 0. The van der Waals surface area contributed by atoms with Crippen LogP contribution in [0.2, 0.25) is 0 Å². The second kappa shape index (κ2) is 4.53. The van der Waals surface area contributed by atoms with Gasteiger partial charge in [0, 0.05) is 0 Å². The third kappa shape index (κ3) is 2.37. The fourth-order valence-corrected chi connectivity index (χ4v) is 1.05. The summed E-state index contributed by atoms with van der Waals surface area (Å²) in [6, 6.07) is 9.72. The van der Waals surface area contributed by atoms with Gasteiger partial charge in [0.1, 0.15) is 0 Å². The van der Waals surface area contributed by atoms with Crippen molar-refractivity contribution in [3.63, 3.8) is 0 Å². The number of rotatable bonds is 3. The Bertz CT molecular complexity index is 269. The molecule has 0 aliphatic carbocycles. The fourth-order valence-electron chi connectivity index (χ4n) is 1.05. The first-order valence-electron chi connectivity index (χ1n) is 4.06. The van der Waals surface area contributed by atoms with Crippen molar-refractivity contribution in [3.8, 4) is 6.07 Å². The van der Waals surface area contributed by atoms with Crippen LogP contribution in [0.3, 0.4) is 0 Å². The maximum Gasteiger partial charge on any atom is 0.0991 e. The van der Waals surface area contributed by atoms with Crippen molar-refractivity contribution in [2.75, 3.05) is 6.54 Å². The van der Waals surface area contributed by atoms with Crippen LogP contribution in [0.25, 0.3) is 0 Å². The molecule has 1 rings (SSSR count). The summed E-state index contributed by atoms with van der Waals surface area (Å²) in [5.41, 5.74) is 7.34. The Morgan fingerprint density at radius 3 is 2.42 bits per heavy atom. The molecule has 1 aromatic carbocycles. The molecule has 12 heavy (non-hydrogen) atoms. The van der Waals surface area contributed by atoms with E-state index >= 15 is 0 Å². The Hall–Kier alpha value is -1.33. The molecule has 0 amide bonds. The number of nitrogens with zero attached hydrogens (tertiary/aromatic N) is 1. The van der Waals surface area contributed by atoms with E-state index in [9.17, 15) is 0 Å². The summed E-state index contributed by atoms with van der Waals surface area (Å²) in [4.78, 5) is 0. The van der Waals surface area contributed by atoms with Gasteiger partial charge in [0.25, 0.3) is 0 Å². The van der Waals surface area contributed by atoms with Crippen molar-refractivity contribution in [2.24, 2.45) is 5.73 Å². The predicted octanol–water partition coefficient (Wildman–Crippen LogP) is 1.45. The van der Waals surface area contributed by atoms with Gasteiger partial charge in [-0.15, -0.1) is 0 Å². The molecular weight excluding hydrogens is 148 g/mol. The lowest BCUT2D eigenvalue weighted by Gasteiger charge is -1.98. The average Bonchev–Trinajstić information content (AvgIpc) is 2.15. The van der Waals surface area contributed by atoms with Crippen molar-refractivity contribution >= 4 is 0 Å². The van der Waals surface area contributed by atoms with E-state index in [1.165, 1.54) is 5.56 Å². The molecule has 0 aliphatic rings. The van der Waals surface area contributed by atoms with Crippen molar-refractivity contribution in [1.29, 1.82) is 5.26 Å². The topological polar surface area (TPSA) is 49.8 Å². The first-order chi connectivity index (χ1) is 5.86. The van der Waals surface area contributed by atoms with E-state index in [1.54, 1.807) is 0 Å². The molecular formula is C10H12N2. The van der Waals surface area contributed by atoms with Crippen molar-refractivity contribution in [3.05, 3.63) is 35.4 Å². The predicted molar refractivity (Wildman–Crippen MR) is 48.5 cm³/mol. The minimum absolute atomic E-state index is 0.714. The van der Waals surface area contributed by atoms with Crippen LogP contribution in [0.4, 0.5) is 0 Å². The molecule has 2 heteroatoms. The molecule has 2 N–H and O–H groups in total. The summed E-state index contributed by atoms with van der Waals surface area (Å²) in [6.07, 6.45) is 2.01. The quantitative estimate of drug-likeness (QED) is 0.727. The number of benzene rings is 1. The second-order valence-corrected chi connectivity index (χ2v) is 2.70. The Labute approximate surface area is 72.6 Å². The van der Waals surface area contributed by atoms with Crippen LogP contribution in [-0.2, 0) is 6.42 Å². The third-order valence-electron chi connectivity index (χ3n) is 1.75. The van der Waals surface area contributed by atoms with Crippen molar-refractivity contribution < 1.29 is 0 Å². The number of aryl methyl sites for hydroxylation is 1. The van der Waals surface area contributed by atoms with Gasteiger partial charge in [-0.25, -0.2) is 0 Å². The Morgan fingerprint density at radius 2 is 1.92 bits per heavy atom. The summed E-state index contributed by atoms with van der Waals surface area (Å²) >= 11 is 0. The zero-order chi connectivity index (χ0) is 8.81. The van der Waals surface area contributed by atoms with Crippen LogP contribution in [0.5, 0.6) is 0 Å². The molecule has 0 radical (unpaired) electrons. The highest BCUT2D eigenvalue weighted by molar-refractivity contribution is 5.31. The number of nitrogens with two attached hydrogens (primary N) is 1. The average molecular weight is 160 g/mol. The Morgan fingerprint density at radius 1 is 1.25 bits per heavy atom. The van der Waals surface area contributed by atoms with E-state index in [1.807, 2.05) is 24.3 Å². The van der Waals surface area contributed by atoms with Crippen LogP contribution in [-0.4, -0.2) is 6.54 Å². The van der Waals surface area contributed by atoms with Gasteiger partial charge in [0.2, 0.25) is 0 Å². The van der Waals surface area contributed by atoms with Gasteiger partial charge in [-0.3, -0.25) is 0 Å². The summed E-state index contributed by atoms with van der Waals surface area (Å²) in [5.74, 6) is 0. The zero-order valence-electron chi connectivity index (χ0n) is 6.96. The molecule has 0 saturated heterocycles. The Kier molecular flexibility index (Phi) is 3.31. The monoisotopic (exact) mass is 160 g/mol. The largest absolute Gasteiger partial charge is 0.330 e. The second-order valence-electron chi connectivity index (χ2n) is 2.70. The molecule has 0 aromatic heterocycles. The van der Waals surface area contributed by atoms with Crippen LogP contribution in [0.1, 0.15) is 17.5 Å². The van der Waals surface area contributed by atoms with Crippen molar-refractivity contribution in [1.82, 2.24) is 0 Å². The SMILES string of the molecule is N#Cc1ccc(CCCN)cc1. The van der Waals surface area contributed by atoms with E-state index in [0.29, 0.717) is 5.56 Å². The number of hydrogen-bond acceptors (Lipinski definition) is 2. The van der Waals surface area contributed by atoms with Gasteiger partial charge in [-0.1, -0.05) is 12.1 Å². The molecule has 2 nitrogen and oxygen atoms in total. The van der Waals surface area contributed by atoms with Gasteiger partial charge >= 0.3 is 0 Å². The standard InChI is InChI=1S/C10H12N2/c11-7-1-2-9-3-5-10(8-12)6-4-9/h3-6H,1-2,7,11H2. The highest BCUT2D eigenvalue weighted by Gasteiger charge is 1.92. The maximum atomic E-state index is 8.53. The normalized spacial score (nSPS) is 9.33. The highest BCUT2D eigenvalue weighted by atomic mass is 14.5. The molecule has 0 saturated carbocycles. The van der Waals surface area contributed by atoms with E-state index < -0.39 is 0 Å². The molecule has 0 heterocycles. The van der Waals surface area contributed by atoms with Crippen molar-refractivity contribution in [2.45, 2.75) is 12.8 Å². The lowest BCUT2D eigenvalue weighted by atomic mass is 10.1. The first-order valence-corrected chi connectivity index (χ1v) is 4.06. The molecule has 0 fully saturated rings. The number of hydrogen-bond donors (Lipinski definition) is 1. The van der Waals surface area contributed by atoms with Crippen LogP contribution >= 0.6 is 0 Å². The minimum Gasteiger partial charge on any atom is -0.330 e. The molecule has 0 unspecified atom stereocenters. The summed E-state index contributed by atoms with van der Waals surface area (Å²) in [6.45, 7) is 0.722. The molecule has 62 valence electrons. The lowest BCUT2D eigenvalue weighted by Crippen LogP contribution is -2.00. The highest BCUT2D eigenvalue weighted by Crippen LogP contribution is 2.04. The van der Waals surface area contributed by atoms with Gasteiger partial charge in [-0.05, 0) is 37.1 Å². The molecule has 0 aliphatic heterocycles. The molecule has 0 bridgehead atoms. The van der Waals surface area contributed by atoms with E-state index in [-0.39, 0.29) is 0 Å². The van der Waals surface area contributed by atoms with Gasteiger partial charge < -0.3 is 5.73 Å². The molecule has 0 atom stereocenters. The number of nitriles is 1. The molecule has 0 spiro atoms. The molecule has 1 aromatic rings. The summed E-state index contributed by atoms with van der Waals surface area (Å²) < 4.78 is 0. The maximum absolute atomic E-state index is 8.53. The van der Waals surface area contributed by atoms with E-state index in [2.05, 4.69) is 6.07 Å². The Balaban J connectivity index is 2.60. The smallest absolute Gasteiger partial charge is 0.0991 e. The van der Waals surface area contributed by atoms with E-state index in [4.69, 9.17) is 11.0 Å².